The van der Waals surface area contributed by atoms with Crippen molar-refractivity contribution in [2.24, 2.45) is 0 Å². The van der Waals surface area contributed by atoms with Crippen LogP contribution in [0.15, 0.2) is 12.1 Å². The SMILES string of the molecule is N#Cc1cc(CCC=O)cc(F)c1O. The molecule has 0 atom stereocenters. The maximum Gasteiger partial charge on any atom is 0.169 e. The summed E-state index contributed by atoms with van der Waals surface area (Å²) >= 11 is 0. The standard InChI is InChI=1S/C10H8FNO2/c11-9-5-7(2-1-3-13)4-8(6-12)10(9)14/h3-5,14H,1-2H2. The van der Waals surface area contributed by atoms with E-state index in [4.69, 9.17) is 10.4 Å². The number of carbonyl (C=O) groups excluding carboxylic acids is 1. The first-order valence-corrected chi connectivity index (χ1v) is 4.04. The van der Waals surface area contributed by atoms with E-state index in [1.54, 1.807) is 6.07 Å². The summed E-state index contributed by atoms with van der Waals surface area (Å²) in [6.07, 6.45) is 1.36. The number of hydrogen-bond donors (Lipinski definition) is 1. The maximum atomic E-state index is 13.0. The van der Waals surface area contributed by atoms with Crippen molar-refractivity contribution in [1.82, 2.24) is 0 Å². The predicted molar refractivity (Wildman–Crippen MR) is 47.2 cm³/mol. The number of nitrogens with zero attached hydrogens (tertiary/aromatic N) is 1. The maximum absolute atomic E-state index is 13.0. The minimum absolute atomic E-state index is 0.106. The zero-order chi connectivity index (χ0) is 10.6. The van der Waals surface area contributed by atoms with E-state index < -0.39 is 11.6 Å². The van der Waals surface area contributed by atoms with Crippen molar-refractivity contribution in [2.45, 2.75) is 12.8 Å². The third kappa shape index (κ3) is 2.07. The fourth-order valence-corrected chi connectivity index (χ4v) is 1.11. The molecule has 0 aliphatic carbocycles. The molecule has 3 nitrogen and oxygen atoms in total. The van der Waals surface area contributed by atoms with E-state index >= 15 is 0 Å². The normalized spacial score (nSPS) is 9.43. The summed E-state index contributed by atoms with van der Waals surface area (Å²) in [4.78, 5) is 10.1. The number of aromatic hydroxyl groups is 1. The van der Waals surface area contributed by atoms with Crippen LogP contribution in [-0.4, -0.2) is 11.4 Å². The van der Waals surface area contributed by atoms with Gasteiger partial charge < -0.3 is 9.90 Å². The number of hydrogen-bond acceptors (Lipinski definition) is 3. The highest BCUT2D eigenvalue weighted by molar-refractivity contribution is 5.51. The second-order valence-corrected chi connectivity index (χ2v) is 2.79. The summed E-state index contributed by atoms with van der Waals surface area (Å²) in [5.41, 5.74) is 0.426. The Morgan fingerprint density at radius 1 is 1.57 bits per heavy atom. The Hall–Kier alpha value is -1.89. The monoisotopic (exact) mass is 193 g/mol. The van der Waals surface area contributed by atoms with E-state index in [1.165, 1.54) is 6.07 Å². The number of phenols is 1. The first-order chi connectivity index (χ1) is 6.69. The summed E-state index contributed by atoms with van der Waals surface area (Å²) in [7, 11) is 0. The summed E-state index contributed by atoms with van der Waals surface area (Å²) in [6.45, 7) is 0. The summed E-state index contributed by atoms with van der Waals surface area (Å²) in [6, 6.07) is 4.18. The second kappa shape index (κ2) is 4.38. The van der Waals surface area contributed by atoms with Gasteiger partial charge in [0.15, 0.2) is 11.6 Å². The average molecular weight is 193 g/mol. The molecule has 72 valence electrons. The Morgan fingerprint density at radius 3 is 2.86 bits per heavy atom. The fraction of sp³-hybridized carbons (Fsp3) is 0.200. The first-order valence-electron chi connectivity index (χ1n) is 4.04. The lowest BCUT2D eigenvalue weighted by molar-refractivity contribution is -0.107. The highest BCUT2D eigenvalue weighted by atomic mass is 19.1. The van der Waals surface area contributed by atoms with Crippen LogP contribution in [0.3, 0.4) is 0 Å². The van der Waals surface area contributed by atoms with Crippen LogP contribution < -0.4 is 0 Å². The van der Waals surface area contributed by atoms with E-state index in [9.17, 15) is 9.18 Å². The lowest BCUT2D eigenvalue weighted by Gasteiger charge is -2.02. The van der Waals surface area contributed by atoms with Crippen LogP contribution in [0.25, 0.3) is 0 Å². The van der Waals surface area contributed by atoms with Crippen LogP contribution in [0.1, 0.15) is 17.5 Å². The minimum atomic E-state index is -0.829. The van der Waals surface area contributed by atoms with Crippen molar-refractivity contribution >= 4 is 6.29 Å². The molecule has 0 saturated carbocycles. The zero-order valence-electron chi connectivity index (χ0n) is 7.33. The van der Waals surface area contributed by atoms with E-state index in [2.05, 4.69) is 0 Å². The number of benzene rings is 1. The van der Waals surface area contributed by atoms with Gasteiger partial charge in [0, 0.05) is 6.42 Å². The lowest BCUT2D eigenvalue weighted by Crippen LogP contribution is -1.91. The molecule has 14 heavy (non-hydrogen) atoms. The van der Waals surface area contributed by atoms with E-state index in [0.717, 1.165) is 12.4 Å². The molecular formula is C10H8FNO2. The van der Waals surface area contributed by atoms with Gasteiger partial charge in [-0.25, -0.2) is 4.39 Å². The van der Waals surface area contributed by atoms with Crippen molar-refractivity contribution in [2.75, 3.05) is 0 Å². The summed E-state index contributed by atoms with van der Waals surface area (Å²) in [5.74, 6) is -1.47. The molecule has 0 aromatic heterocycles. The number of halogens is 1. The van der Waals surface area contributed by atoms with Crippen molar-refractivity contribution in [1.29, 1.82) is 5.26 Å². The molecule has 1 N–H and O–H groups in total. The molecule has 0 radical (unpaired) electrons. The number of carbonyl (C=O) groups is 1. The van der Waals surface area contributed by atoms with Gasteiger partial charge in [0.25, 0.3) is 0 Å². The van der Waals surface area contributed by atoms with Crippen LogP contribution in [-0.2, 0) is 11.2 Å². The van der Waals surface area contributed by atoms with Gasteiger partial charge in [0.05, 0.1) is 5.56 Å². The zero-order valence-corrected chi connectivity index (χ0v) is 7.33. The highest BCUT2D eigenvalue weighted by Gasteiger charge is 2.08. The van der Waals surface area contributed by atoms with Gasteiger partial charge in [0.1, 0.15) is 12.4 Å². The van der Waals surface area contributed by atoms with Gasteiger partial charge in [-0.1, -0.05) is 0 Å². The third-order valence-electron chi connectivity index (χ3n) is 1.79. The van der Waals surface area contributed by atoms with Gasteiger partial charge in [0.2, 0.25) is 0 Å². The van der Waals surface area contributed by atoms with Crippen molar-refractivity contribution in [3.63, 3.8) is 0 Å². The topological polar surface area (TPSA) is 61.1 Å². The van der Waals surface area contributed by atoms with Gasteiger partial charge in [-0.15, -0.1) is 0 Å². The smallest absolute Gasteiger partial charge is 0.169 e. The van der Waals surface area contributed by atoms with Crippen molar-refractivity contribution < 1.29 is 14.3 Å². The predicted octanol–water partition coefficient (Wildman–Crippen LogP) is 1.53. The molecule has 0 spiro atoms. The van der Waals surface area contributed by atoms with E-state index in [-0.39, 0.29) is 12.0 Å². The molecule has 1 aromatic carbocycles. The van der Waals surface area contributed by atoms with E-state index in [1.807, 2.05) is 0 Å². The lowest BCUT2D eigenvalue weighted by atomic mass is 10.1. The Morgan fingerprint density at radius 2 is 2.29 bits per heavy atom. The Balaban J connectivity index is 3.05. The summed E-state index contributed by atoms with van der Waals surface area (Å²) < 4.78 is 13.0. The van der Waals surface area contributed by atoms with Crippen LogP contribution in [0.4, 0.5) is 4.39 Å². The van der Waals surface area contributed by atoms with E-state index in [0.29, 0.717) is 12.0 Å². The van der Waals surface area contributed by atoms with Gasteiger partial charge >= 0.3 is 0 Å². The molecule has 1 aromatic rings. The number of rotatable bonds is 3. The fourth-order valence-electron chi connectivity index (χ4n) is 1.11. The van der Waals surface area contributed by atoms with Crippen LogP contribution in [0.2, 0.25) is 0 Å². The molecule has 1 rings (SSSR count). The molecule has 0 aliphatic rings. The Bertz CT molecular complexity index is 396. The molecule has 0 bridgehead atoms. The number of phenolic OH excluding ortho intramolecular Hbond substituents is 1. The molecule has 0 saturated heterocycles. The molecule has 0 amide bonds. The Kier molecular flexibility index (Phi) is 3.19. The third-order valence-corrected chi connectivity index (χ3v) is 1.79. The molecule has 0 unspecified atom stereocenters. The Labute approximate surface area is 80.4 Å². The van der Waals surface area contributed by atoms with Crippen molar-refractivity contribution in [3.8, 4) is 11.8 Å². The largest absolute Gasteiger partial charge is 0.504 e. The number of aryl methyl sites for hydroxylation is 1. The molecule has 0 aliphatic heterocycles. The van der Waals surface area contributed by atoms with Gasteiger partial charge in [-0.3, -0.25) is 0 Å². The molecule has 0 fully saturated rings. The second-order valence-electron chi connectivity index (χ2n) is 2.79. The van der Waals surface area contributed by atoms with Crippen LogP contribution >= 0.6 is 0 Å². The van der Waals surface area contributed by atoms with Crippen LogP contribution in [0, 0.1) is 17.1 Å². The summed E-state index contributed by atoms with van der Waals surface area (Å²) in [5, 5.41) is 17.6. The highest BCUT2D eigenvalue weighted by Crippen LogP contribution is 2.22. The van der Waals surface area contributed by atoms with Gasteiger partial charge in [-0.05, 0) is 24.1 Å². The number of aldehydes is 1. The van der Waals surface area contributed by atoms with Crippen molar-refractivity contribution in [3.05, 3.63) is 29.1 Å². The average Bonchev–Trinajstić information content (AvgIpc) is 2.19. The van der Waals surface area contributed by atoms with Gasteiger partial charge in [-0.2, -0.15) is 5.26 Å². The molecule has 0 heterocycles. The first kappa shape index (κ1) is 10.2. The molecule has 4 heteroatoms. The quantitative estimate of drug-likeness (QED) is 0.740. The minimum Gasteiger partial charge on any atom is -0.504 e. The number of nitriles is 1. The molecular weight excluding hydrogens is 185 g/mol. The van der Waals surface area contributed by atoms with Crippen LogP contribution in [0.5, 0.6) is 5.75 Å².